The fourth-order valence-corrected chi connectivity index (χ4v) is 5.25. The normalized spacial score (nSPS) is 27.4. The second-order valence-electron chi connectivity index (χ2n) is 8.59. The average Bonchev–Trinajstić information content (AvgIpc) is 2.73. The maximum atomic E-state index is 13.3. The van der Waals surface area contributed by atoms with Gasteiger partial charge in [0.25, 0.3) is 5.91 Å². The Morgan fingerprint density at radius 2 is 1.92 bits per heavy atom. The number of carbonyl (C=O) groups is 1. The highest BCUT2D eigenvalue weighted by Crippen LogP contribution is 2.33. The zero-order valence-corrected chi connectivity index (χ0v) is 16.1. The summed E-state index contributed by atoms with van der Waals surface area (Å²) >= 11 is 0. The zero-order chi connectivity index (χ0) is 17.6. The molecule has 2 bridgehead atoms. The topological polar surface area (TPSA) is 28.5 Å². The lowest BCUT2D eigenvalue weighted by atomic mass is 9.83. The Labute approximate surface area is 152 Å². The second kappa shape index (κ2) is 6.79. The van der Waals surface area contributed by atoms with Crippen molar-refractivity contribution in [1.82, 2.24) is 14.4 Å². The molecule has 138 valence electrons. The van der Waals surface area contributed by atoms with Crippen molar-refractivity contribution >= 4 is 5.91 Å². The summed E-state index contributed by atoms with van der Waals surface area (Å²) in [6, 6.07) is 2.68. The van der Waals surface area contributed by atoms with E-state index in [-0.39, 0.29) is 5.91 Å². The van der Waals surface area contributed by atoms with E-state index < -0.39 is 0 Å². The van der Waals surface area contributed by atoms with E-state index in [2.05, 4.69) is 41.2 Å². The van der Waals surface area contributed by atoms with Gasteiger partial charge in [0.1, 0.15) is 0 Å². The van der Waals surface area contributed by atoms with Crippen LogP contribution in [0.3, 0.4) is 0 Å². The Hall–Kier alpha value is -1.29. The molecule has 4 heteroatoms. The molecule has 4 heterocycles. The molecule has 3 saturated heterocycles. The van der Waals surface area contributed by atoms with Crippen molar-refractivity contribution < 1.29 is 4.79 Å². The van der Waals surface area contributed by atoms with Gasteiger partial charge in [-0.05, 0) is 64.4 Å². The van der Waals surface area contributed by atoms with E-state index in [0.29, 0.717) is 12.0 Å². The minimum absolute atomic E-state index is 0.259. The maximum absolute atomic E-state index is 13.3. The van der Waals surface area contributed by atoms with Crippen molar-refractivity contribution in [1.29, 1.82) is 0 Å². The van der Waals surface area contributed by atoms with E-state index >= 15 is 0 Å². The van der Waals surface area contributed by atoms with Gasteiger partial charge in [-0.3, -0.25) is 9.69 Å². The standard InChI is InChI=1S/C21H33N3O/c1-4-24-15(2)10-20(16(24)3)21(25)23-13-18-8-9-19(14-23)22(12-18)11-17-6-5-7-17/h10,17-19H,4-9,11-14H2,1-3H3/t18-,19-/m1/s1. The van der Waals surface area contributed by atoms with Crippen LogP contribution in [0.15, 0.2) is 6.07 Å². The fourth-order valence-electron chi connectivity index (χ4n) is 5.25. The third kappa shape index (κ3) is 3.14. The van der Waals surface area contributed by atoms with E-state index in [1.165, 1.54) is 50.9 Å². The molecule has 4 nitrogen and oxygen atoms in total. The summed E-state index contributed by atoms with van der Waals surface area (Å²) in [6.07, 6.45) is 6.82. The maximum Gasteiger partial charge on any atom is 0.255 e. The number of aromatic nitrogens is 1. The highest BCUT2D eigenvalue weighted by atomic mass is 16.2. The number of rotatable bonds is 4. The first kappa shape index (κ1) is 17.1. The summed E-state index contributed by atoms with van der Waals surface area (Å²) in [5.74, 6) is 1.85. The molecule has 2 atom stereocenters. The van der Waals surface area contributed by atoms with Gasteiger partial charge in [0.2, 0.25) is 0 Å². The highest BCUT2D eigenvalue weighted by molar-refractivity contribution is 5.95. The summed E-state index contributed by atoms with van der Waals surface area (Å²) in [6.45, 7) is 11.7. The molecule has 0 radical (unpaired) electrons. The molecule has 4 fully saturated rings. The molecule has 1 saturated carbocycles. The monoisotopic (exact) mass is 343 g/mol. The molecular weight excluding hydrogens is 310 g/mol. The molecule has 0 N–H and O–H groups in total. The molecule has 1 amide bonds. The van der Waals surface area contributed by atoms with Gasteiger partial charge in [-0.1, -0.05) is 6.42 Å². The van der Waals surface area contributed by atoms with Gasteiger partial charge in [-0.2, -0.15) is 0 Å². The van der Waals surface area contributed by atoms with Crippen LogP contribution in [-0.4, -0.2) is 52.5 Å². The third-order valence-electron chi connectivity index (χ3n) is 6.95. The molecule has 1 aromatic rings. The molecule has 3 aliphatic heterocycles. The molecule has 1 aromatic heterocycles. The Kier molecular flexibility index (Phi) is 4.65. The largest absolute Gasteiger partial charge is 0.349 e. The summed E-state index contributed by atoms with van der Waals surface area (Å²) in [7, 11) is 0. The summed E-state index contributed by atoms with van der Waals surface area (Å²) in [5, 5.41) is 0. The van der Waals surface area contributed by atoms with Gasteiger partial charge in [-0.15, -0.1) is 0 Å². The number of hydrogen-bond donors (Lipinski definition) is 0. The minimum atomic E-state index is 0.259. The number of hydrogen-bond acceptors (Lipinski definition) is 2. The summed E-state index contributed by atoms with van der Waals surface area (Å²) in [5.41, 5.74) is 3.26. The molecule has 25 heavy (non-hydrogen) atoms. The van der Waals surface area contributed by atoms with Gasteiger partial charge in [0.15, 0.2) is 0 Å². The number of carbonyl (C=O) groups excluding carboxylic acids is 1. The van der Waals surface area contributed by atoms with Crippen LogP contribution in [0.4, 0.5) is 0 Å². The Morgan fingerprint density at radius 1 is 1.12 bits per heavy atom. The first-order valence-electron chi connectivity index (χ1n) is 10.3. The van der Waals surface area contributed by atoms with Crippen LogP contribution in [-0.2, 0) is 6.54 Å². The first-order chi connectivity index (χ1) is 12.1. The van der Waals surface area contributed by atoms with Gasteiger partial charge >= 0.3 is 0 Å². The van der Waals surface area contributed by atoms with Crippen LogP contribution in [0.25, 0.3) is 0 Å². The molecule has 4 aliphatic rings. The lowest BCUT2D eigenvalue weighted by Crippen LogP contribution is -2.47. The first-order valence-corrected chi connectivity index (χ1v) is 10.3. The van der Waals surface area contributed by atoms with Crippen molar-refractivity contribution in [3.05, 3.63) is 23.0 Å². The quantitative estimate of drug-likeness (QED) is 0.837. The van der Waals surface area contributed by atoms with E-state index in [1.54, 1.807) is 0 Å². The highest BCUT2D eigenvalue weighted by Gasteiger charge is 2.38. The number of aryl methyl sites for hydroxylation is 1. The Morgan fingerprint density at radius 3 is 2.56 bits per heavy atom. The summed E-state index contributed by atoms with van der Waals surface area (Å²) in [4.78, 5) is 18.2. The van der Waals surface area contributed by atoms with E-state index in [9.17, 15) is 4.79 Å². The van der Waals surface area contributed by atoms with E-state index in [0.717, 1.165) is 36.8 Å². The van der Waals surface area contributed by atoms with Gasteiger partial charge in [0.05, 0.1) is 5.56 Å². The lowest BCUT2D eigenvalue weighted by molar-refractivity contribution is 0.0716. The molecular formula is C21H33N3O. The van der Waals surface area contributed by atoms with Crippen molar-refractivity contribution in [2.45, 2.75) is 65.5 Å². The summed E-state index contributed by atoms with van der Waals surface area (Å²) < 4.78 is 2.25. The van der Waals surface area contributed by atoms with E-state index in [1.807, 2.05) is 0 Å². The number of piperidine rings is 1. The van der Waals surface area contributed by atoms with E-state index in [4.69, 9.17) is 0 Å². The van der Waals surface area contributed by atoms with Gasteiger partial charge < -0.3 is 9.47 Å². The van der Waals surface area contributed by atoms with Crippen molar-refractivity contribution in [2.75, 3.05) is 26.2 Å². The molecule has 5 rings (SSSR count). The minimum Gasteiger partial charge on any atom is -0.349 e. The van der Waals surface area contributed by atoms with Crippen LogP contribution in [0, 0.1) is 25.7 Å². The predicted octanol–water partition coefficient (Wildman–Crippen LogP) is 3.46. The number of amides is 1. The van der Waals surface area contributed by atoms with Gasteiger partial charge in [-0.25, -0.2) is 0 Å². The van der Waals surface area contributed by atoms with Crippen molar-refractivity contribution in [2.24, 2.45) is 11.8 Å². The lowest BCUT2D eigenvalue weighted by Gasteiger charge is -2.40. The predicted molar refractivity (Wildman–Crippen MR) is 101 cm³/mol. The van der Waals surface area contributed by atoms with Crippen LogP contribution >= 0.6 is 0 Å². The van der Waals surface area contributed by atoms with Gasteiger partial charge in [0, 0.05) is 50.2 Å². The smallest absolute Gasteiger partial charge is 0.255 e. The molecule has 0 spiro atoms. The van der Waals surface area contributed by atoms with Crippen LogP contribution in [0.2, 0.25) is 0 Å². The average molecular weight is 344 g/mol. The number of fused-ring (bicyclic) bond motifs is 4. The SMILES string of the molecule is CCn1c(C)cc(C(=O)N2C[C@@H]3CC[C@H](C2)N(CC2CCC2)C3)c1C. The van der Waals surface area contributed by atoms with Crippen LogP contribution in [0.5, 0.6) is 0 Å². The van der Waals surface area contributed by atoms with Crippen molar-refractivity contribution in [3.63, 3.8) is 0 Å². The Bertz CT molecular complexity index is 646. The van der Waals surface area contributed by atoms with Crippen molar-refractivity contribution in [3.8, 4) is 0 Å². The molecule has 0 unspecified atom stereocenters. The van der Waals surface area contributed by atoms with Crippen LogP contribution in [0.1, 0.15) is 60.8 Å². The van der Waals surface area contributed by atoms with Crippen LogP contribution < -0.4 is 0 Å². The third-order valence-corrected chi connectivity index (χ3v) is 6.95. The zero-order valence-electron chi connectivity index (χ0n) is 16.1. The number of nitrogens with zero attached hydrogens (tertiary/aromatic N) is 3. The fraction of sp³-hybridized carbons (Fsp3) is 0.762. The Balaban J connectivity index is 1.50. The second-order valence-corrected chi connectivity index (χ2v) is 8.59. The molecule has 1 aliphatic carbocycles. The molecule has 0 aromatic carbocycles.